The van der Waals surface area contributed by atoms with Crippen LogP contribution in [0.1, 0.15) is 21.5 Å². The number of aryl methyl sites for hydroxylation is 2. The average molecular weight is 269 g/mol. The molecule has 0 atom stereocenters. The van der Waals surface area contributed by atoms with Gasteiger partial charge in [-0.25, -0.2) is 4.98 Å². The van der Waals surface area contributed by atoms with Gasteiger partial charge in [-0.1, -0.05) is 17.7 Å². The molecule has 1 amide bonds. The van der Waals surface area contributed by atoms with E-state index in [0.717, 1.165) is 16.9 Å². The van der Waals surface area contributed by atoms with Gasteiger partial charge >= 0.3 is 0 Å². The molecule has 0 aliphatic heterocycles. The molecule has 4 heteroatoms. The van der Waals surface area contributed by atoms with Crippen LogP contribution < -0.4 is 10.2 Å². The molecule has 0 fully saturated rings. The molecule has 2 aromatic rings. The minimum atomic E-state index is -0.106. The number of carbonyl (C=O) groups is 1. The van der Waals surface area contributed by atoms with Crippen molar-refractivity contribution in [1.82, 2.24) is 4.98 Å². The molecule has 2 rings (SSSR count). The molecule has 0 spiro atoms. The SMILES string of the molecule is Cc1ccc(C)c(C(=O)Nc2ccc(N(C)C)nc2)c1. The lowest BCUT2D eigenvalue weighted by Gasteiger charge is -2.12. The predicted molar refractivity (Wildman–Crippen MR) is 82.4 cm³/mol. The summed E-state index contributed by atoms with van der Waals surface area (Å²) >= 11 is 0. The maximum atomic E-state index is 12.3. The zero-order valence-corrected chi connectivity index (χ0v) is 12.3. The summed E-state index contributed by atoms with van der Waals surface area (Å²) in [4.78, 5) is 18.4. The topological polar surface area (TPSA) is 45.2 Å². The quantitative estimate of drug-likeness (QED) is 0.931. The number of nitrogens with one attached hydrogen (secondary N) is 1. The minimum Gasteiger partial charge on any atom is -0.363 e. The molecule has 0 radical (unpaired) electrons. The number of carbonyl (C=O) groups excluding carboxylic acids is 1. The van der Waals surface area contributed by atoms with E-state index < -0.39 is 0 Å². The third-order valence-corrected chi connectivity index (χ3v) is 3.10. The third-order valence-electron chi connectivity index (χ3n) is 3.10. The van der Waals surface area contributed by atoms with Gasteiger partial charge in [-0.15, -0.1) is 0 Å². The summed E-state index contributed by atoms with van der Waals surface area (Å²) in [5.41, 5.74) is 3.43. The number of nitrogens with zero attached hydrogens (tertiary/aromatic N) is 2. The fraction of sp³-hybridized carbons (Fsp3) is 0.250. The molecule has 0 aliphatic rings. The van der Waals surface area contributed by atoms with Crippen molar-refractivity contribution in [1.29, 1.82) is 0 Å². The average Bonchev–Trinajstić information content (AvgIpc) is 2.42. The molecule has 1 heterocycles. The number of amides is 1. The number of hydrogen-bond donors (Lipinski definition) is 1. The van der Waals surface area contributed by atoms with Crippen LogP contribution in [0.25, 0.3) is 0 Å². The zero-order chi connectivity index (χ0) is 14.7. The van der Waals surface area contributed by atoms with Crippen LogP contribution in [0.4, 0.5) is 11.5 Å². The number of anilines is 2. The fourth-order valence-corrected chi connectivity index (χ4v) is 1.90. The van der Waals surface area contributed by atoms with Crippen LogP contribution in [0.3, 0.4) is 0 Å². The predicted octanol–water partition coefficient (Wildman–Crippen LogP) is 3.02. The Morgan fingerprint density at radius 1 is 1.15 bits per heavy atom. The standard InChI is InChI=1S/C16H19N3O/c1-11-5-6-12(2)14(9-11)16(20)18-13-7-8-15(17-10-13)19(3)4/h5-10H,1-4H3,(H,18,20). The first kappa shape index (κ1) is 14.1. The lowest BCUT2D eigenvalue weighted by Crippen LogP contribution is -2.14. The summed E-state index contributed by atoms with van der Waals surface area (Å²) < 4.78 is 0. The van der Waals surface area contributed by atoms with Crippen molar-refractivity contribution in [3.05, 3.63) is 53.2 Å². The number of hydrogen-bond acceptors (Lipinski definition) is 3. The second kappa shape index (κ2) is 5.74. The first-order valence-electron chi connectivity index (χ1n) is 6.49. The maximum absolute atomic E-state index is 12.3. The van der Waals surface area contributed by atoms with Crippen LogP contribution in [0.15, 0.2) is 36.5 Å². The molecular weight excluding hydrogens is 250 g/mol. The molecule has 0 unspecified atom stereocenters. The molecule has 0 saturated heterocycles. The highest BCUT2D eigenvalue weighted by molar-refractivity contribution is 6.05. The molecule has 104 valence electrons. The molecule has 1 N–H and O–H groups in total. The summed E-state index contributed by atoms with van der Waals surface area (Å²) in [6.45, 7) is 3.91. The lowest BCUT2D eigenvalue weighted by molar-refractivity contribution is 0.102. The number of aromatic nitrogens is 1. The van der Waals surface area contributed by atoms with E-state index in [-0.39, 0.29) is 5.91 Å². The van der Waals surface area contributed by atoms with Gasteiger partial charge in [-0.2, -0.15) is 0 Å². The Hall–Kier alpha value is -2.36. The van der Waals surface area contributed by atoms with Gasteiger partial charge in [0.1, 0.15) is 5.82 Å². The summed E-state index contributed by atoms with van der Waals surface area (Å²) in [5.74, 6) is 0.750. The third kappa shape index (κ3) is 3.15. The lowest BCUT2D eigenvalue weighted by atomic mass is 10.1. The van der Waals surface area contributed by atoms with Gasteiger partial charge in [0, 0.05) is 19.7 Å². The van der Waals surface area contributed by atoms with E-state index in [1.54, 1.807) is 6.20 Å². The Morgan fingerprint density at radius 2 is 1.90 bits per heavy atom. The van der Waals surface area contributed by atoms with Crippen molar-refractivity contribution in [2.45, 2.75) is 13.8 Å². The molecule has 0 bridgehead atoms. The van der Waals surface area contributed by atoms with E-state index >= 15 is 0 Å². The number of benzene rings is 1. The molecule has 4 nitrogen and oxygen atoms in total. The van der Waals surface area contributed by atoms with Gasteiger partial charge in [-0.05, 0) is 37.6 Å². The van der Waals surface area contributed by atoms with Crippen molar-refractivity contribution < 1.29 is 4.79 Å². The molecule has 20 heavy (non-hydrogen) atoms. The fourth-order valence-electron chi connectivity index (χ4n) is 1.90. The van der Waals surface area contributed by atoms with Crippen molar-refractivity contribution in [2.24, 2.45) is 0 Å². The van der Waals surface area contributed by atoms with Crippen LogP contribution in [0.2, 0.25) is 0 Å². The van der Waals surface area contributed by atoms with Crippen LogP contribution in [0.5, 0.6) is 0 Å². The molecule has 0 aliphatic carbocycles. The summed E-state index contributed by atoms with van der Waals surface area (Å²) in [6, 6.07) is 9.58. The minimum absolute atomic E-state index is 0.106. The molecule has 1 aromatic heterocycles. The summed E-state index contributed by atoms with van der Waals surface area (Å²) in [7, 11) is 3.85. The van der Waals surface area contributed by atoms with Gasteiger partial charge in [-0.3, -0.25) is 4.79 Å². The van der Waals surface area contributed by atoms with Gasteiger partial charge in [0.15, 0.2) is 0 Å². The highest BCUT2D eigenvalue weighted by atomic mass is 16.1. The van der Waals surface area contributed by atoms with Crippen LogP contribution in [-0.4, -0.2) is 25.0 Å². The van der Waals surface area contributed by atoms with Crippen molar-refractivity contribution in [2.75, 3.05) is 24.3 Å². The highest BCUT2D eigenvalue weighted by Gasteiger charge is 2.09. The Labute approximate surface area is 119 Å². The van der Waals surface area contributed by atoms with Crippen molar-refractivity contribution >= 4 is 17.4 Å². The maximum Gasteiger partial charge on any atom is 0.255 e. The first-order valence-corrected chi connectivity index (χ1v) is 6.49. The van der Waals surface area contributed by atoms with E-state index in [2.05, 4.69) is 10.3 Å². The second-order valence-corrected chi connectivity index (χ2v) is 5.07. The second-order valence-electron chi connectivity index (χ2n) is 5.07. The van der Waals surface area contributed by atoms with E-state index in [0.29, 0.717) is 11.3 Å². The Kier molecular flexibility index (Phi) is 4.03. The molecular formula is C16H19N3O. The molecule has 0 saturated carbocycles. The van der Waals surface area contributed by atoms with Crippen molar-refractivity contribution in [3.8, 4) is 0 Å². The van der Waals surface area contributed by atoms with Gasteiger partial charge in [0.25, 0.3) is 5.91 Å². The summed E-state index contributed by atoms with van der Waals surface area (Å²) in [5, 5.41) is 2.87. The normalized spacial score (nSPS) is 10.2. The van der Waals surface area contributed by atoms with Crippen LogP contribution in [0, 0.1) is 13.8 Å². The largest absolute Gasteiger partial charge is 0.363 e. The number of rotatable bonds is 3. The van der Waals surface area contributed by atoms with Gasteiger partial charge in [0.05, 0.1) is 11.9 Å². The van der Waals surface area contributed by atoms with E-state index in [9.17, 15) is 4.79 Å². The Balaban J connectivity index is 2.17. The highest BCUT2D eigenvalue weighted by Crippen LogP contribution is 2.15. The molecule has 1 aromatic carbocycles. The van der Waals surface area contributed by atoms with Gasteiger partial charge < -0.3 is 10.2 Å². The van der Waals surface area contributed by atoms with Crippen LogP contribution in [-0.2, 0) is 0 Å². The van der Waals surface area contributed by atoms with Gasteiger partial charge in [0.2, 0.25) is 0 Å². The van der Waals surface area contributed by atoms with E-state index in [4.69, 9.17) is 0 Å². The van der Waals surface area contributed by atoms with Crippen LogP contribution >= 0.6 is 0 Å². The monoisotopic (exact) mass is 269 g/mol. The zero-order valence-electron chi connectivity index (χ0n) is 12.3. The van der Waals surface area contributed by atoms with E-state index in [1.807, 2.05) is 63.2 Å². The first-order chi connectivity index (χ1) is 9.47. The number of pyridine rings is 1. The van der Waals surface area contributed by atoms with Crippen molar-refractivity contribution in [3.63, 3.8) is 0 Å². The Bertz CT molecular complexity index is 618. The Morgan fingerprint density at radius 3 is 2.50 bits per heavy atom. The van der Waals surface area contributed by atoms with E-state index in [1.165, 1.54) is 0 Å². The summed E-state index contributed by atoms with van der Waals surface area (Å²) in [6.07, 6.45) is 1.67. The smallest absolute Gasteiger partial charge is 0.255 e.